The lowest BCUT2D eigenvalue weighted by atomic mass is 10.1. The predicted molar refractivity (Wildman–Crippen MR) is 64.4 cm³/mol. The average Bonchev–Trinajstić information content (AvgIpc) is 2.88. The molecular formula is C12H21N3O2. The van der Waals surface area contributed by atoms with Gasteiger partial charge in [0.05, 0.1) is 12.5 Å². The molecule has 0 aromatic rings. The summed E-state index contributed by atoms with van der Waals surface area (Å²) in [5, 5.41) is 3.24. The number of carbonyl (C=O) groups excluding carboxylic acids is 2. The minimum Gasteiger partial charge on any atom is -0.305 e. The van der Waals surface area contributed by atoms with Crippen LogP contribution in [0, 0.1) is 5.92 Å². The Balaban J connectivity index is 1.76. The molecule has 2 aliphatic rings. The van der Waals surface area contributed by atoms with Crippen LogP contribution < -0.4 is 5.32 Å². The summed E-state index contributed by atoms with van der Waals surface area (Å²) in [6, 6.07) is -0.289. The van der Waals surface area contributed by atoms with Gasteiger partial charge >= 0.3 is 0 Å². The van der Waals surface area contributed by atoms with Crippen molar-refractivity contribution in [3.05, 3.63) is 0 Å². The molecule has 0 aliphatic carbocycles. The Morgan fingerprint density at radius 2 is 2.18 bits per heavy atom. The van der Waals surface area contributed by atoms with Crippen LogP contribution in [0.2, 0.25) is 0 Å². The molecule has 96 valence electrons. The smallest absolute Gasteiger partial charge is 0.246 e. The number of imide groups is 1. The second-order valence-corrected chi connectivity index (χ2v) is 5.00. The number of hydrogen-bond donors (Lipinski definition) is 1. The van der Waals surface area contributed by atoms with E-state index in [0.29, 0.717) is 12.3 Å². The molecule has 0 saturated carbocycles. The molecule has 2 heterocycles. The Kier molecular flexibility index (Phi) is 3.79. The van der Waals surface area contributed by atoms with Crippen LogP contribution in [0.5, 0.6) is 0 Å². The zero-order valence-corrected chi connectivity index (χ0v) is 10.6. The summed E-state index contributed by atoms with van der Waals surface area (Å²) >= 11 is 0. The summed E-state index contributed by atoms with van der Waals surface area (Å²) in [5.74, 6) is 0.457. The SMILES string of the molecule is CCN1CCC(CNC2CC(=O)N(C)C2=O)C1. The van der Waals surface area contributed by atoms with Crippen molar-refractivity contribution in [2.24, 2.45) is 5.92 Å². The molecule has 2 unspecified atom stereocenters. The molecule has 2 amide bonds. The molecule has 1 N–H and O–H groups in total. The van der Waals surface area contributed by atoms with E-state index >= 15 is 0 Å². The number of nitrogens with zero attached hydrogens (tertiary/aromatic N) is 2. The number of rotatable bonds is 4. The average molecular weight is 239 g/mol. The van der Waals surface area contributed by atoms with Crippen molar-refractivity contribution in [1.29, 1.82) is 0 Å². The maximum absolute atomic E-state index is 11.7. The number of likely N-dealkylation sites (tertiary alicyclic amines) is 2. The summed E-state index contributed by atoms with van der Waals surface area (Å²) < 4.78 is 0. The third-order valence-corrected chi connectivity index (χ3v) is 3.85. The molecule has 2 atom stereocenters. The van der Waals surface area contributed by atoms with E-state index in [9.17, 15) is 9.59 Å². The Morgan fingerprint density at radius 3 is 2.71 bits per heavy atom. The molecule has 0 radical (unpaired) electrons. The number of nitrogens with one attached hydrogen (secondary N) is 1. The first-order valence-electron chi connectivity index (χ1n) is 6.38. The van der Waals surface area contributed by atoms with E-state index in [2.05, 4.69) is 17.1 Å². The number of carbonyl (C=O) groups is 2. The van der Waals surface area contributed by atoms with Crippen LogP contribution >= 0.6 is 0 Å². The van der Waals surface area contributed by atoms with Crippen LogP contribution in [-0.4, -0.2) is 60.9 Å². The first-order chi connectivity index (χ1) is 8.11. The van der Waals surface area contributed by atoms with Gasteiger partial charge in [0.2, 0.25) is 11.8 Å². The fourth-order valence-corrected chi connectivity index (χ4v) is 2.59. The highest BCUT2D eigenvalue weighted by Crippen LogP contribution is 2.16. The standard InChI is InChI=1S/C12H21N3O2/c1-3-15-5-4-9(8-15)7-13-10-6-11(16)14(2)12(10)17/h9-10,13H,3-8H2,1-2H3. The van der Waals surface area contributed by atoms with Crippen LogP contribution in [-0.2, 0) is 9.59 Å². The third-order valence-electron chi connectivity index (χ3n) is 3.85. The van der Waals surface area contributed by atoms with Crippen LogP contribution in [0.15, 0.2) is 0 Å². The van der Waals surface area contributed by atoms with Crippen molar-refractivity contribution in [1.82, 2.24) is 15.1 Å². The number of amides is 2. The van der Waals surface area contributed by atoms with Gasteiger partial charge in [-0.2, -0.15) is 0 Å². The van der Waals surface area contributed by atoms with E-state index in [1.807, 2.05) is 0 Å². The number of likely N-dealkylation sites (N-methyl/N-ethyl adjacent to an activating group) is 1. The Bertz CT molecular complexity index is 319. The first-order valence-corrected chi connectivity index (χ1v) is 6.38. The molecule has 0 spiro atoms. The van der Waals surface area contributed by atoms with Crippen LogP contribution in [0.1, 0.15) is 19.8 Å². The van der Waals surface area contributed by atoms with Gasteiger partial charge in [0.15, 0.2) is 0 Å². The van der Waals surface area contributed by atoms with Crippen LogP contribution in [0.4, 0.5) is 0 Å². The molecule has 5 heteroatoms. The van der Waals surface area contributed by atoms with E-state index in [4.69, 9.17) is 0 Å². The van der Waals surface area contributed by atoms with Crippen molar-refractivity contribution in [3.8, 4) is 0 Å². The van der Waals surface area contributed by atoms with Gasteiger partial charge in [-0.1, -0.05) is 6.92 Å². The Labute approximate surface area is 102 Å². The zero-order valence-electron chi connectivity index (χ0n) is 10.6. The van der Waals surface area contributed by atoms with E-state index in [0.717, 1.165) is 26.2 Å². The molecule has 0 bridgehead atoms. The van der Waals surface area contributed by atoms with Gasteiger partial charge in [0.25, 0.3) is 0 Å². The summed E-state index contributed by atoms with van der Waals surface area (Å²) in [4.78, 5) is 26.7. The van der Waals surface area contributed by atoms with Gasteiger partial charge in [0, 0.05) is 13.6 Å². The van der Waals surface area contributed by atoms with Gasteiger partial charge in [-0.05, 0) is 32.0 Å². The molecule has 0 aromatic heterocycles. The van der Waals surface area contributed by atoms with Crippen LogP contribution in [0.3, 0.4) is 0 Å². The largest absolute Gasteiger partial charge is 0.305 e. The van der Waals surface area contributed by atoms with Crippen LogP contribution in [0.25, 0.3) is 0 Å². The second-order valence-electron chi connectivity index (χ2n) is 5.00. The van der Waals surface area contributed by atoms with Crippen molar-refractivity contribution in [2.45, 2.75) is 25.8 Å². The minimum atomic E-state index is -0.289. The lowest BCUT2D eigenvalue weighted by molar-refractivity contribution is -0.137. The molecule has 2 saturated heterocycles. The third kappa shape index (κ3) is 2.66. The maximum Gasteiger partial charge on any atom is 0.246 e. The summed E-state index contributed by atoms with van der Waals surface area (Å²) in [6.45, 7) is 6.37. The Hall–Kier alpha value is -0.940. The summed E-state index contributed by atoms with van der Waals surface area (Å²) in [5.41, 5.74) is 0. The van der Waals surface area contributed by atoms with Gasteiger partial charge in [-0.15, -0.1) is 0 Å². The molecule has 2 fully saturated rings. The molecule has 17 heavy (non-hydrogen) atoms. The number of hydrogen-bond acceptors (Lipinski definition) is 4. The topological polar surface area (TPSA) is 52.7 Å². The van der Waals surface area contributed by atoms with Crippen molar-refractivity contribution < 1.29 is 9.59 Å². The van der Waals surface area contributed by atoms with E-state index < -0.39 is 0 Å². The first kappa shape index (κ1) is 12.5. The molecule has 2 aliphatic heterocycles. The second kappa shape index (κ2) is 5.14. The van der Waals surface area contributed by atoms with Crippen molar-refractivity contribution in [2.75, 3.05) is 33.2 Å². The fraction of sp³-hybridized carbons (Fsp3) is 0.833. The van der Waals surface area contributed by atoms with Gasteiger partial charge in [0.1, 0.15) is 0 Å². The quantitative estimate of drug-likeness (QED) is 0.683. The lowest BCUT2D eigenvalue weighted by Gasteiger charge is -2.16. The Morgan fingerprint density at radius 1 is 1.41 bits per heavy atom. The normalized spacial score (nSPS) is 30.6. The highest BCUT2D eigenvalue weighted by atomic mass is 16.2. The molecule has 0 aromatic carbocycles. The van der Waals surface area contributed by atoms with Gasteiger partial charge in [-0.25, -0.2) is 0 Å². The van der Waals surface area contributed by atoms with E-state index in [-0.39, 0.29) is 17.9 Å². The highest BCUT2D eigenvalue weighted by molar-refractivity contribution is 6.05. The highest BCUT2D eigenvalue weighted by Gasteiger charge is 2.36. The predicted octanol–water partition coefficient (Wildman–Crippen LogP) is -0.325. The lowest BCUT2D eigenvalue weighted by Crippen LogP contribution is -2.40. The van der Waals surface area contributed by atoms with Crippen molar-refractivity contribution in [3.63, 3.8) is 0 Å². The monoisotopic (exact) mass is 239 g/mol. The summed E-state index contributed by atoms with van der Waals surface area (Å²) in [7, 11) is 1.56. The maximum atomic E-state index is 11.7. The van der Waals surface area contributed by atoms with Crippen molar-refractivity contribution >= 4 is 11.8 Å². The van der Waals surface area contributed by atoms with Gasteiger partial charge in [-0.3, -0.25) is 14.5 Å². The minimum absolute atomic E-state index is 0.0749. The zero-order chi connectivity index (χ0) is 12.4. The fourth-order valence-electron chi connectivity index (χ4n) is 2.59. The van der Waals surface area contributed by atoms with E-state index in [1.54, 1.807) is 7.05 Å². The van der Waals surface area contributed by atoms with E-state index in [1.165, 1.54) is 11.3 Å². The van der Waals surface area contributed by atoms with Gasteiger partial charge < -0.3 is 10.2 Å². The summed E-state index contributed by atoms with van der Waals surface area (Å²) in [6.07, 6.45) is 1.51. The molecule has 2 rings (SSSR count). The molecule has 5 nitrogen and oxygen atoms in total. The molecular weight excluding hydrogens is 218 g/mol.